The van der Waals surface area contributed by atoms with Crippen LogP contribution in [0.2, 0.25) is 0 Å². The number of carbonyl (C=O) groups excluding carboxylic acids is 1. The molecule has 17 heavy (non-hydrogen) atoms. The lowest BCUT2D eigenvalue weighted by Crippen LogP contribution is -2.44. The van der Waals surface area contributed by atoms with Gasteiger partial charge in [-0.05, 0) is 20.8 Å². The Labute approximate surface area is 104 Å². The first-order valence-electron chi connectivity index (χ1n) is 5.87. The highest BCUT2D eigenvalue weighted by Crippen LogP contribution is 2.22. The second-order valence-corrected chi connectivity index (χ2v) is 5.84. The van der Waals surface area contributed by atoms with Gasteiger partial charge < -0.3 is 9.47 Å². The molecular formula is C9H17NO6S. The van der Waals surface area contributed by atoms with Gasteiger partial charge in [-0.15, -0.1) is 0 Å². The average molecular weight is 269 g/mol. The molecule has 1 amide bonds. The first-order chi connectivity index (χ1) is 8.41. The van der Waals surface area contributed by atoms with Crippen LogP contribution in [0.25, 0.3) is 0 Å². The lowest BCUT2D eigenvalue weighted by atomic mass is 10.2. The molecule has 0 bridgehead atoms. The molecule has 0 spiro atoms. The molecule has 0 saturated carbocycles. The van der Waals surface area contributed by atoms with Crippen molar-refractivity contribution in [3.05, 3.63) is 0 Å². The van der Waals surface area contributed by atoms with Crippen molar-refractivity contribution in [2.75, 3.05) is 20.3 Å². The maximum Gasteiger partial charge on any atom is 0.426 e. The number of rotatable bonds is 2. The van der Waals surface area contributed by atoms with E-state index in [-0.39, 0.29) is 4.31 Å². The molecule has 8 heteroatoms. The summed E-state index contributed by atoms with van der Waals surface area (Å²) in [5.74, 6) is 0. The monoisotopic (exact) mass is 269 g/mol. The van der Waals surface area contributed by atoms with Crippen molar-refractivity contribution in [3.63, 3.8) is 0 Å². The van der Waals surface area contributed by atoms with Crippen LogP contribution >= 0.6 is 0 Å². The molecule has 1 heterocycles. The third-order valence-corrected chi connectivity index (χ3v) is 3.05. The molecule has 7 nitrogen and oxygen atoms in total. The van der Waals surface area contributed by atoms with E-state index in [2.05, 4.69) is 8.92 Å². The first kappa shape index (κ1) is 11.2. The fraction of sp³-hybridized carbons (Fsp3) is 0.889. The molecule has 0 aromatic rings. The van der Waals surface area contributed by atoms with E-state index < -0.39 is 41.2 Å². The van der Waals surface area contributed by atoms with Crippen LogP contribution in [0, 0.1) is 0 Å². The maximum absolute atomic E-state index is 11.9. The van der Waals surface area contributed by atoms with Gasteiger partial charge in [-0.3, -0.25) is 4.18 Å². The second-order valence-electron chi connectivity index (χ2n) is 4.36. The summed E-state index contributed by atoms with van der Waals surface area (Å²) in [6, 6.07) is -1.43. The van der Waals surface area contributed by atoms with Gasteiger partial charge >= 0.3 is 16.4 Å². The van der Waals surface area contributed by atoms with E-state index in [1.165, 1.54) is 0 Å². The van der Waals surface area contributed by atoms with Crippen molar-refractivity contribution in [1.29, 1.82) is 0 Å². The van der Waals surface area contributed by atoms with Crippen LogP contribution in [-0.2, 0) is 24.0 Å². The van der Waals surface area contributed by atoms with Crippen LogP contribution < -0.4 is 0 Å². The standard InChI is InChI=1S/C9H17NO6S/c1-9(2,3)16-8(11)10-7(5-14-4)6-15-17(10,12)13/h7H,5-6H2,1-4H3/t7-/m0/s1/i5D2. The molecule has 0 radical (unpaired) electrons. The zero-order chi connectivity index (χ0) is 15.1. The number of amides is 1. The number of methoxy groups -OCH3 is 1. The maximum atomic E-state index is 11.9. The quantitative estimate of drug-likeness (QED) is 0.726. The third kappa shape index (κ3) is 3.55. The highest BCUT2D eigenvalue weighted by Gasteiger charge is 2.44. The van der Waals surface area contributed by atoms with E-state index in [1.807, 2.05) is 0 Å². The van der Waals surface area contributed by atoms with E-state index in [0.717, 1.165) is 7.11 Å². The molecule has 0 aromatic heterocycles. The van der Waals surface area contributed by atoms with Crippen molar-refractivity contribution >= 4 is 16.4 Å². The molecule has 1 aliphatic rings. The lowest BCUT2D eigenvalue weighted by molar-refractivity contribution is 0.0295. The normalized spacial score (nSPS) is 26.4. The van der Waals surface area contributed by atoms with E-state index >= 15 is 0 Å². The van der Waals surface area contributed by atoms with Gasteiger partial charge in [0.15, 0.2) is 0 Å². The number of hydrogen-bond donors (Lipinski definition) is 0. The average Bonchev–Trinajstić information content (AvgIpc) is 2.52. The molecule has 1 fully saturated rings. The SMILES string of the molecule is [2H]C([2H])(OC)[C@H]1COS(=O)(=O)N1C(=O)OC(C)(C)C. The van der Waals surface area contributed by atoms with Crippen LogP contribution in [0.1, 0.15) is 23.5 Å². The summed E-state index contributed by atoms with van der Waals surface area (Å²) >= 11 is 0. The summed E-state index contributed by atoms with van der Waals surface area (Å²) in [7, 11) is -3.29. The minimum Gasteiger partial charge on any atom is -0.443 e. The van der Waals surface area contributed by atoms with Gasteiger partial charge in [0, 0.05) is 7.11 Å². The Morgan fingerprint density at radius 1 is 1.59 bits per heavy atom. The number of carbonyl (C=O) groups is 1. The first-order valence-corrected chi connectivity index (χ1v) is 6.24. The predicted octanol–water partition coefficient (Wildman–Crippen LogP) is 0.513. The molecule has 1 rings (SSSR count). The van der Waals surface area contributed by atoms with E-state index in [9.17, 15) is 13.2 Å². The van der Waals surface area contributed by atoms with Crippen LogP contribution in [-0.4, -0.2) is 50.7 Å². The Bertz CT molecular complexity index is 458. The summed E-state index contributed by atoms with van der Waals surface area (Å²) in [4.78, 5) is 11.9. The van der Waals surface area contributed by atoms with E-state index in [4.69, 9.17) is 7.48 Å². The zero-order valence-electron chi connectivity index (χ0n) is 12.1. The van der Waals surface area contributed by atoms with Crippen LogP contribution in [0.5, 0.6) is 0 Å². The molecule has 1 aliphatic heterocycles. The van der Waals surface area contributed by atoms with Crippen molar-refractivity contribution in [3.8, 4) is 0 Å². The molecule has 0 aromatic carbocycles. The summed E-state index contributed by atoms with van der Waals surface area (Å²) in [5, 5.41) is 0. The van der Waals surface area contributed by atoms with Gasteiger partial charge in [0.25, 0.3) is 0 Å². The minimum absolute atomic E-state index is 0.238. The zero-order valence-corrected chi connectivity index (χ0v) is 10.9. The Hall–Kier alpha value is -0.860. The Morgan fingerprint density at radius 2 is 2.18 bits per heavy atom. The van der Waals surface area contributed by atoms with Crippen molar-refractivity contribution in [1.82, 2.24) is 4.31 Å². The second kappa shape index (κ2) is 4.79. The number of nitrogens with zero attached hydrogens (tertiary/aromatic N) is 1. The topological polar surface area (TPSA) is 82.1 Å². The van der Waals surface area contributed by atoms with Crippen LogP contribution in [0.4, 0.5) is 4.79 Å². The Morgan fingerprint density at radius 3 is 2.65 bits per heavy atom. The molecule has 0 unspecified atom stereocenters. The predicted molar refractivity (Wildman–Crippen MR) is 58.6 cm³/mol. The van der Waals surface area contributed by atoms with Gasteiger partial charge in [0.05, 0.1) is 15.9 Å². The van der Waals surface area contributed by atoms with Crippen LogP contribution in [0.15, 0.2) is 0 Å². The minimum atomic E-state index is -4.36. The fourth-order valence-corrected chi connectivity index (χ4v) is 2.22. The van der Waals surface area contributed by atoms with Crippen LogP contribution in [0.3, 0.4) is 0 Å². The van der Waals surface area contributed by atoms with E-state index in [1.54, 1.807) is 20.8 Å². The largest absolute Gasteiger partial charge is 0.443 e. The lowest BCUT2D eigenvalue weighted by Gasteiger charge is -2.25. The molecule has 1 atom stereocenters. The highest BCUT2D eigenvalue weighted by molar-refractivity contribution is 7.85. The van der Waals surface area contributed by atoms with Crippen molar-refractivity contribution in [2.45, 2.75) is 32.4 Å². The third-order valence-electron chi connectivity index (χ3n) is 1.73. The molecular weight excluding hydrogens is 250 g/mol. The Kier molecular flexibility index (Phi) is 3.17. The number of ether oxygens (including phenoxy) is 2. The highest BCUT2D eigenvalue weighted by atomic mass is 32.2. The molecule has 100 valence electrons. The molecule has 1 saturated heterocycles. The summed E-state index contributed by atoms with van der Waals surface area (Å²) < 4.78 is 52.6. The van der Waals surface area contributed by atoms with Crippen molar-refractivity contribution in [2.24, 2.45) is 0 Å². The van der Waals surface area contributed by atoms with Gasteiger partial charge in [-0.25, -0.2) is 4.79 Å². The van der Waals surface area contributed by atoms with Gasteiger partial charge in [0.2, 0.25) is 0 Å². The Balaban J connectivity index is 3.07. The van der Waals surface area contributed by atoms with Gasteiger partial charge in [-0.1, -0.05) is 0 Å². The van der Waals surface area contributed by atoms with Gasteiger partial charge in [-0.2, -0.15) is 12.7 Å². The fourth-order valence-electron chi connectivity index (χ4n) is 1.17. The molecule has 0 N–H and O–H groups in total. The summed E-state index contributed by atoms with van der Waals surface area (Å²) in [5.41, 5.74) is -0.917. The number of hydrogen-bond acceptors (Lipinski definition) is 6. The molecule has 0 aliphatic carbocycles. The summed E-state index contributed by atoms with van der Waals surface area (Å²) in [6.45, 7) is 1.79. The smallest absolute Gasteiger partial charge is 0.426 e. The van der Waals surface area contributed by atoms with Gasteiger partial charge in [0.1, 0.15) is 11.6 Å². The summed E-state index contributed by atoms with van der Waals surface area (Å²) in [6.07, 6.45) is -1.20. The van der Waals surface area contributed by atoms with E-state index in [0.29, 0.717) is 0 Å². The van der Waals surface area contributed by atoms with Crippen molar-refractivity contribution < 1.29 is 29.6 Å².